The summed E-state index contributed by atoms with van der Waals surface area (Å²) < 4.78 is 5.57. The van der Waals surface area contributed by atoms with Crippen LogP contribution in [0.1, 0.15) is 70.3 Å². The third kappa shape index (κ3) is 3.92. The van der Waals surface area contributed by atoms with Crippen molar-refractivity contribution in [1.29, 1.82) is 0 Å². The lowest BCUT2D eigenvalue weighted by Gasteiger charge is -2.48. The van der Waals surface area contributed by atoms with Crippen LogP contribution in [-0.2, 0) is 16.1 Å². The molecule has 1 N–H and O–H groups in total. The van der Waals surface area contributed by atoms with Crippen LogP contribution in [0.25, 0.3) is 0 Å². The fraction of sp³-hybridized carbons (Fsp3) is 0.583. The maximum Gasteiger partial charge on any atom is 0.232 e. The third-order valence-corrected chi connectivity index (χ3v) is 6.72. The molecule has 1 aromatic rings. The molecule has 5 heteroatoms. The molecule has 2 fully saturated rings. The van der Waals surface area contributed by atoms with Gasteiger partial charge in [0.25, 0.3) is 0 Å². The molecule has 4 rings (SSSR count). The van der Waals surface area contributed by atoms with Gasteiger partial charge >= 0.3 is 0 Å². The zero-order valence-electron chi connectivity index (χ0n) is 17.4. The van der Waals surface area contributed by atoms with Gasteiger partial charge in [-0.25, -0.2) is 0 Å². The van der Waals surface area contributed by atoms with E-state index in [4.69, 9.17) is 4.74 Å². The molecule has 0 aromatic heterocycles. The Labute approximate surface area is 173 Å². The third-order valence-electron chi connectivity index (χ3n) is 6.72. The Bertz CT molecular complexity index is 797. The molecule has 0 spiro atoms. The minimum Gasteiger partial charge on any atom is -0.494 e. The summed E-state index contributed by atoms with van der Waals surface area (Å²) in [6.45, 7) is 3.06. The van der Waals surface area contributed by atoms with Crippen LogP contribution < -0.4 is 10.1 Å². The second kappa shape index (κ2) is 8.60. The van der Waals surface area contributed by atoms with Gasteiger partial charge in [-0.2, -0.15) is 0 Å². The van der Waals surface area contributed by atoms with Crippen LogP contribution in [0.5, 0.6) is 5.75 Å². The number of carbonyl (C=O) groups excluding carboxylic acids is 2. The Kier molecular flexibility index (Phi) is 5.93. The number of piperidine rings is 1. The minimum atomic E-state index is -0.549. The molecule has 5 nitrogen and oxygen atoms in total. The van der Waals surface area contributed by atoms with Crippen molar-refractivity contribution in [3.8, 4) is 5.75 Å². The number of nitrogens with zero attached hydrogens (tertiary/aromatic N) is 1. The first-order chi connectivity index (χ1) is 14.1. The van der Waals surface area contributed by atoms with E-state index in [1.54, 1.807) is 0 Å². The van der Waals surface area contributed by atoms with Crippen LogP contribution in [0, 0.1) is 5.41 Å². The zero-order valence-corrected chi connectivity index (χ0v) is 17.4. The number of likely N-dealkylation sites (tertiary alicyclic amines) is 1. The van der Waals surface area contributed by atoms with Crippen molar-refractivity contribution in [2.45, 2.75) is 77.3 Å². The van der Waals surface area contributed by atoms with E-state index < -0.39 is 5.41 Å². The van der Waals surface area contributed by atoms with Gasteiger partial charge in [0.2, 0.25) is 11.8 Å². The molecular weight excluding hydrogens is 364 g/mol. The van der Waals surface area contributed by atoms with Crippen LogP contribution in [0.3, 0.4) is 0 Å². The highest BCUT2D eigenvalue weighted by Crippen LogP contribution is 2.49. The Balaban J connectivity index is 1.52. The van der Waals surface area contributed by atoms with Crippen molar-refractivity contribution in [3.63, 3.8) is 0 Å². The highest BCUT2D eigenvalue weighted by molar-refractivity contribution is 5.91. The van der Waals surface area contributed by atoms with Gasteiger partial charge < -0.3 is 15.0 Å². The number of ether oxygens (including phenoxy) is 1. The topological polar surface area (TPSA) is 58.6 Å². The number of carbonyl (C=O) groups is 2. The number of fused-ring (bicyclic) bond motifs is 1. The van der Waals surface area contributed by atoms with E-state index in [1.165, 1.54) is 12.8 Å². The van der Waals surface area contributed by atoms with Gasteiger partial charge in [0.15, 0.2) is 0 Å². The number of benzene rings is 1. The second-order valence-corrected chi connectivity index (χ2v) is 8.53. The molecule has 2 amide bonds. The molecule has 1 aliphatic heterocycles. The van der Waals surface area contributed by atoms with E-state index in [1.807, 2.05) is 36.1 Å². The van der Waals surface area contributed by atoms with E-state index in [2.05, 4.69) is 11.4 Å². The summed E-state index contributed by atoms with van der Waals surface area (Å²) in [5.74, 6) is 1.10. The Morgan fingerprint density at radius 1 is 1.24 bits per heavy atom. The lowest BCUT2D eigenvalue weighted by atomic mass is 9.68. The van der Waals surface area contributed by atoms with E-state index in [0.29, 0.717) is 26.0 Å². The van der Waals surface area contributed by atoms with E-state index >= 15 is 0 Å². The van der Waals surface area contributed by atoms with Gasteiger partial charge in [-0.05, 0) is 63.1 Å². The molecule has 1 heterocycles. The predicted molar refractivity (Wildman–Crippen MR) is 112 cm³/mol. The van der Waals surface area contributed by atoms with Crippen LogP contribution in [-0.4, -0.2) is 29.4 Å². The van der Waals surface area contributed by atoms with Crippen LogP contribution >= 0.6 is 0 Å². The van der Waals surface area contributed by atoms with Gasteiger partial charge in [-0.3, -0.25) is 9.59 Å². The predicted octanol–water partition coefficient (Wildman–Crippen LogP) is 4.32. The quantitative estimate of drug-likeness (QED) is 0.779. The standard InChI is InChI=1S/C24H32N2O3/c1-2-29-20-11-7-8-18(16-20)17-25-23(28)24-14-6-5-12-21(24)26(22(27)13-15-24)19-9-3-4-10-19/h7-8,11-12,16,19H,2-6,9-10,13-15,17H2,1H3,(H,25,28). The van der Waals surface area contributed by atoms with Gasteiger partial charge in [-0.15, -0.1) is 0 Å². The number of hydrogen-bond donors (Lipinski definition) is 1. The zero-order chi connectivity index (χ0) is 20.3. The first-order valence-electron chi connectivity index (χ1n) is 11.2. The van der Waals surface area contributed by atoms with Crippen molar-refractivity contribution >= 4 is 11.8 Å². The highest BCUT2D eigenvalue weighted by Gasteiger charge is 2.51. The maximum atomic E-state index is 13.5. The summed E-state index contributed by atoms with van der Waals surface area (Å²) in [6.07, 6.45) is 10.5. The normalized spacial score (nSPS) is 24.8. The van der Waals surface area contributed by atoms with Crippen LogP contribution in [0.4, 0.5) is 0 Å². The monoisotopic (exact) mass is 396 g/mol. The average Bonchev–Trinajstić information content (AvgIpc) is 3.27. The molecule has 1 aromatic carbocycles. The summed E-state index contributed by atoms with van der Waals surface area (Å²) in [4.78, 5) is 28.3. The molecule has 2 aliphatic carbocycles. The van der Waals surface area contributed by atoms with Crippen molar-refractivity contribution in [2.24, 2.45) is 5.41 Å². The number of allylic oxidation sites excluding steroid dienone is 1. The smallest absolute Gasteiger partial charge is 0.232 e. The first kappa shape index (κ1) is 20.0. The Hall–Kier alpha value is -2.30. The summed E-state index contributed by atoms with van der Waals surface area (Å²) >= 11 is 0. The van der Waals surface area contributed by atoms with E-state index in [-0.39, 0.29) is 17.9 Å². The number of hydrogen-bond acceptors (Lipinski definition) is 3. The lowest BCUT2D eigenvalue weighted by Crippen LogP contribution is -2.55. The maximum absolute atomic E-state index is 13.5. The molecule has 1 unspecified atom stereocenters. The van der Waals surface area contributed by atoms with Crippen LogP contribution in [0.15, 0.2) is 36.0 Å². The molecule has 1 saturated heterocycles. The summed E-state index contributed by atoms with van der Waals surface area (Å²) in [5, 5.41) is 3.18. The fourth-order valence-electron chi connectivity index (χ4n) is 5.29. The SMILES string of the molecule is CCOc1cccc(CNC(=O)C23CCCC=C2N(C2CCCC2)C(=O)CC3)c1. The summed E-state index contributed by atoms with van der Waals surface area (Å²) in [5.41, 5.74) is 1.47. The first-order valence-corrected chi connectivity index (χ1v) is 11.2. The van der Waals surface area contributed by atoms with Gasteiger partial charge in [0.05, 0.1) is 12.0 Å². The average molecular weight is 397 g/mol. The summed E-state index contributed by atoms with van der Waals surface area (Å²) in [6, 6.07) is 8.16. The van der Waals surface area contributed by atoms with E-state index in [9.17, 15) is 9.59 Å². The molecule has 1 saturated carbocycles. The van der Waals surface area contributed by atoms with Crippen molar-refractivity contribution in [1.82, 2.24) is 10.2 Å². The Morgan fingerprint density at radius 2 is 2.07 bits per heavy atom. The number of nitrogens with one attached hydrogen (secondary N) is 1. The molecule has 29 heavy (non-hydrogen) atoms. The lowest BCUT2D eigenvalue weighted by molar-refractivity contribution is -0.142. The molecule has 156 valence electrons. The summed E-state index contributed by atoms with van der Waals surface area (Å²) in [7, 11) is 0. The highest BCUT2D eigenvalue weighted by atomic mass is 16.5. The molecule has 1 atom stereocenters. The largest absolute Gasteiger partial charge is 0.494 e. The molecule has 0 bridgehead atoms. The molecular formula is C24H32N2O3. The van der Waals surface area contributed by atoms with Gasteiger partial charge in [-0.1, -0.05) is 31.1 Å². The van der Waals surface area contributed by atoms with Crippen molar-refractivity contribution in [2.75, 3.05) is 6.61 Å². The minimum absolute atomic E-state index is 0.0701. The van der Waals surface area contributed by atoms with Gasteiger partial charge in [0, 0.05) is 24.7 Å². The Morgan fingerprint density at radius 3 is 2.86 bits per heavy atom. The van der Waals surface area contributed by atoms with Crippen LogP contribution in [0.2, 0.25) is 0 Å². The molecule has 0 radical (unpaired) electrons. The van der Waals surface area contributed by atoms with E-state index in [0.717, 1.165) is 49.1 Å². The van der Waals surface area contributed by atoms with Crippen molar-refractivity contribution < 1.29 is 14.3 Å². The fourth-order valence-corrected chi connectivity index (χ4v) is 5.29. The number of rotatable bonds is 6. The number of amides is 2. The van der Waals surface area contributed by atoms with Gasteiger partial charge in [0.1, 0.15) is 5.75 Å². The molecule has 3 aliphatic rings. The second-order valence-electron chi connectivity index (χ2n) is 8.53. The van der Waals surface area contributed by atoms with Crippen molar-refractivity contribution in [3.05, 3.63) is 41.6 Å².